The van der Waals surface area contributed by atoms with Gasteiger partial charge in [-0.15, -0.1) is 0 Å². The zero-order chi connectivity index (χ0) is 18.7. The molecule has 2 atom stereocenters. The van der Waals surface area contributed by atoms with Crippen LogP contribution in [0.4, 0.5) is 5.69 Å². The summed E-state index contributed by atoms with van der Waals surface area (Å²) in [4.78, 5) is 31.0. The average Bonchev–Trinajstić information content (AvgIpc) is 3.09. The molecule has 2 aromatic rings. The number of hydrogen-bond acceptors (Lipinski definition) is 6. The van der Waals surface area contributed by atoms with E-state index in [0.717, 1.165) is 5.69 Å². The molecule has 2 aromatic carbocycles. The van der Waals surface area contributed by atoms with Crippen molar-refractivity contribution in [1.82, 2.24) is 0 Å². The summed E-state index contributed by atoms with van der Waals surface area (Å²) in [6.45, 7) is 0. The van der Waals surface area contributed by atoms with E-state index in [0.29, 0.717) is 17.4 Å². The number of aldehydes is 1. The molecule has 0 bridgehead atoms. The van der Waals surface area contributed by atoms with Gasteiger partial charge in [0.25, 0.3) is 0 Å². The number of aliphatic imine (C=N–C) groups is 1. The van der Waals surface area contributed by atoms with Crippen LogP contribution in [0.1, 0.15) is 11.1 Å². The number of carbonyl (C=O) groups excluding carboxylic acids is 2. The lowest BCUT2D eigenvalue weighted by Crippen LogP contribution is -2.45. The van der Waals surface area contributed by atoms with Crippen molar-refractivity contribution in [2.24, 2.45) is 4.99 Å². The molecule has 134 valence electrons. The Morgan fingerprint density at radius 1 is 1.15 bits per heavy atom. The molecule has 0 spiro atoms. The van der Waals surface area contributed by atoms with Crippen molar-refractivity contribution in [1.29, 1.82) is 0 Å². The zero-order valence-electron chi connectivity index (χ0n) is 14.9. The Hall–Kier alpha value is -3.15. The molecule has 0 saturated carbocycles. The van der Waals surface area contributed by atoms with Crippen LogP contribution >= 0.6 is 0 Å². The number of nitrogens with zero attached hydrogens (tertiary/aromatic N) is 2. The lowest BCUT2D eigenvalue weighted by molar-refractivity contribution is -0.149. The summed E-state index contributed by atoms with van der Waals surface area (Å²) in [5.41, 5.74) is 0.426. The van der Waals surface area contributed by atoms with Gasteiger partial charge in [-0.3, -0.25) is 4.79 Å². The van der Waals surface area contributed by atoms with E-state index in [1.807, 2.05) is 61.5 Å². The van der Waals surface area contributed by atoms with Crippen LogP contribution in [0, 0.1) is 0 Å². The molecule has 0 aliphatic carbocycles. The molecule has 0 aromatic heterocycles. The number of anilines is 1. The highest BCUT2D eigenvalue weighted by atomic mass is 16.5. The molecule has 0 fully saturated rings. The first-order valence-corrected chi connectivity index (χ1v) is 8.16. The largest absolute Gasteiger partial charge is 0.467 e. The van der Waals surface area contributed by atoms with Crippen molar-refractivity contribution in [3.63, 3.8) is 0 Å². The average molecular weight is 352 g/mol. The van der Waals surface area contributed by atoms with Gasteiger partial charge in [-0.1, -0.05) is 36.4 Å². The second-order valence-electron chi connectivity index (χ2n) is 6.15. The van der Waals surface area contributed by atoms with Gasteiger partial charge in [-0.05, 0) is 18.2 Å². The molecule has 0 unspecified atom stereocenters. The van der Waals surface area contributed by atoms with Crippen LogP contribution in [0.15, 0.2) is 59.6 Å². The molecule has 0 saturated heterocycles. The lowest BCUT2D eigenvalue weighted by Gasteiger charge is -2.30. The SMILES string of the molecule is COC(=O)[C@@H]1N=C(c2ccccc2)O[C@@]1(C=O)c1ccccc1N(C)C. The molecular weight excluding hydrogens is 332 g/mol. The quantitative estimate of drug-likeness (QED) is 0.609. The van der Waals surface area contributed by atoms with Gasteiger partial charge in [0.15, 0.2) is 6.29 Å². The van der Waals surface area contributed by atoms with E-state index in [1.165, 1.54) is 7.11 Å². The zero-order valence-corrected chi connectivity index (χ0v) is 14.9. The summed E-state index contributed by atoms with van der Waals surface area (Å²) in [6.07, 6.45) is 0.635. The Balaban J connectivity index is 2.17. The first-order chi connectivity index (χ1) is 12.5. The van der Waals surface area contributed by atoms with Crippen molar-refractivity contribution in [2.75, 3.05) is 26.1 Å². The number of esters is 1. The first-order valence-electron chi connectivity index (χ1n) is 8.16. The van der Waals surface area contributed by atoms with Gasteiger partial charge in [-0.2, -0.15) is 0 Å². The fraction of sp³-hybridized carbons (Fsp3) is 0.250. The standard InChI is InChI=1S/C20H20N2O4/c1-22(2)16-12-8-7-11-15(16)20(13-23)17(19(24)25-3)21-18(26-20)14-9-5-4-6-10-14/h4-13,17H,1-3H3/t17-,20-/m0/s1. The molecule has 1 heterocycles. The van der Waals surface area contributed by atoms with Crippen LogP contribution < -0.4 is 4.90 Å². The second-order valence-corrected chi connectivity index (χ2v) is 6.15. The van der Waals surface area contributed by atoms with Crippen LogP contribution in [0.5, 0.6) is 0 Å². The van der Waals surface area contributed by atoms with E-state index in [4.69, 9.17) is 9.47 Å². The highest BCUT2D eigenvalue weighted by Gasteiger charge is 2.54. The monoisotopic (exact) mass is 352 g/mol. The normalized spacial score (nSPS) is 21.5. The van der Waals surface area contributed by atoms with E-state index in [1.54, 1.807) is 12.1 Å². The minimum atomic E-state index is -1.58. The lowest BCUT2D eigenvalue weighted by atomic mass is 9.86. The number of ether oxygens (including phenoxy) is 2. The smallest absolute Gasteiger partial charge is 0.335 e. The van der Waals surface area contributed by atoms with Crippen molar-refractivity contribution in [3.8, 4) is 0 Å². The van der Waals surface area contributed by atoms with E-state index < -0.39 is 17.6 Å². The highest BCUT2D eigenvalue weighted by molar-refractivity contribution is 6.02. The molecule has 6 nitrogen and oxygen atoms in total. The Labute approximate surface area is 152 Å². The number of benzene rings is 2. The predicted molar refractivity (Wildman–Crippen MR) is 98.4 cm³/mol. The molecule has 0 amide bonds. The minimum absolute atomic E-state index is 0.238. The van der Waals surface area contributed by atoms with Gasteiger partial charge >= 0.3 is 5.97 Å². The number of carbonyl (C=O) groups is 2. The van der Waals surface area contributed by atoms with Gasteiger partial charge in [0.1, 0.15) is 0 Å². The summed E-state index contributed by atoms with van der Waals surface area (Å²) in [5, 5.41) is 0. The molecular formula is C20H20N2O4. The van der Waals surface area contributed by atoms with Crippen molar-refractivity contribution >= 4 is 23.8 Å². The van der Waals surface area contributed by atoms with Gasteiger partial charge in [0.2, 0.25) is 17.5 Å². The Kier molecular flexibility index (Phi) is 4.75. The Morgan fingerprint density at radius 2 is 1.81 bits per heavy atom. The van der Waals surface area contributed by atoms with Crippen molar-refractivity contribution < 1.29 is 19.1 Å². The summed E-state index contributed by atoms with van der Waals surface area (Å²) < 4.78 is 10.9. The third-order valence-corrected chi connectivity index (χ3v) is 4.35. The van der Waals surface area contributed by atoms with Crippen LogP contribution in [0.25, 0.3) is 0 Å². The second kappa shape index (κ2) is 7.00. The van der Waals surface area contributed by atoms with E-state index in [-0.39, 0.29) is 5.90 Å². The summed E-state index contributed by atoms with van der Waals surface area (Å²) in [6, 6.07) is 15.3. The van der Waals surface area contributed by atoms with E-state index >= 15 is 0 Å². The summed E-state index contributed by atoms with van der Waals surface area (Å²) in [7, 11) is 4.99. The van der Waals surface area contributed by atoms with Crippen molar-refractivity contribution in [3.05, 3.63) is 65.7 Å². The van der Waals surface area contributed by atoms with Crippen LogP contribution in [-0.4, -0.2) is 45.4 Å². The topological polar surface area (TPSA) is 68.2 Å². The maximum Gasteiger partial charge on any atom is 0.335 e. The molecule has 0 radical (unpaired) electrons. The van der Waals surface area contributed by atoms with Gasteiger partial charge < -0.3 is 14.4 Å². The fourth-order valence-electron chi connectivity index (χ4n) is 3.06. The molecule has 1 aliphatic rings. The third kappa shape index (κ3) is 2.83. The first kappa shape index (κ1) is 17.7. The predicted octanol–water partition coefficient (Wildman–Crippen LogP) is 2.17. The third-order valence-electron chi connectivity index (χ3n) is 4.35. The Bertz CT molecular complexity index is 848. The molecule has 26 heavy (non-hydrogen) atoms. The van der Waals surface area contributed by atoms with Crippen LogP contribution in [0.2, 0.25) is 0 Å². The van der Waals surface area contributed by atoms with Gasteiger partial charge in [0, 0.05) is 30.9 Å². The van der Waals surface area contributed by atoms with Crippen LogP contribution in [-0.2, 0) is 24.7 Å². The molecule has 6 heteroatoms. The molecule has 1 aliphatic heterocycles. The number of rotatable bonds is 5. The van der Waals surface area contributed by atoms with Crippen LogP contribution in [0.3, 0.4) is 0 Å². The van der Waals surface area contributed by atoms with Gasteiger partial charge in [-0.25, -0.2) is 9.79 Å². The van der Waals surface area contributed by atoms with Crippen molar-refractivity contribution in [2.45, 2.75) is 11.6 Å². The number of para-hydroxylation sites is 1. The van der Waals surface area contributed by atoms with E-state index in [9.17, 15) is 9.59 Å². The number of methoxy groups -OCH3 is 1. The summed E-state index contributed by atoms with van der Waals surface area (Å²) >= 11 is 0. The number of hydrogen-bond donors (Lipinski definition) is 0. The maximum absolute atomic E-state index is 12.4. The summed E-state index contributed by atoms with van der Waals surface area (Å²) in [5.74, 6) is -0.391. The minimum Gasteiger partial charge on any atom is -0.467 e. The Morgan fingerprint density at radius 3 is 2.42 bits per heavy atom. The fourth-order valence-corrected chi connectivity index (χ4v) is 3.06. The highest BCUT2D eigenvalue weighted by Crippen LogP contribution is 2.40. The maximum atomic E-state index is 12.4. The molecule has 3 rings (SSSR count). The van der Waals surface area contributed by atoms with Gasteiger partial charge in [0.05, 0.1) is 7.11 Å². The molecule has 0 N–H and O–H groups in total. The van der Waals surface area contributed by atoms with E-state index in [2.05, 4.69) is 4.99 Å².